The maximum absolute atomic E-state index is 11.2. The van der Waals surface area contributed by atoms with E-state index < -0.39 is 12.1 Å². The molecule has 0 aliphatic carbocycles. The number of ether oxygens (including phenoxy) is 3. The van der Waals surface area contributed by atoms with Crippen molar-refractivity contribution in [1.82, 2.24) is 4.98 Å². The number of benzene rings is 2. The van der Waals surface area contributed by atoms with Gasteiger partial charge in [-0.05, 0) is 57.0 Å². The van der Waals surface area contributed by atoms with Gasteiger partial charge in [0.15, 0.2) is 6.10 Å². The molecule has 1 heterocycles. The van der Waals surface area contributed by atoms with Crippen molar-refractivity contribution in [3.8, 4) is 23.0 Å². The van der Waals surface area contributed by atoms with Crippen LogP contribution in [0.3, 0.4) is 0 Å². The van der Waals surface area contributed by atoms with Crippen molar-refractivity contribution in [3.63, 3.8) is 0 Å². The molecule has 3 aromatic rings. The van der Waals surface area contributed by atoms with Crippen LogP contribution in [-0.4, -0.2) is 35.9 Å². The van der Waals surface area contributed by atoms with E-state index in [9.17, 15) is 9.90 Å². The summed E-state index contributed by atoms with van der Waals surface area (Å²) in [6, 6.07) is 15.3. The summed E-state index contributed by atoms with van der Waals surface area (Å²) in [6.45, 7) is 4.26. The molecular formula is C26H29NO6. The molecule has 0 saturated heterocycles. The van der Waals surface area contributed by atoms with Crippen LogP contribution in [0.1, 0.15) is 36.8 Å². The lowest BCUT2D eigenvalue weighted by molar-refractivity contribution is -0.150. The summed E-state index contributed by atoms with van der Waals surface area (Å²) in [5.41, 5.74) is 2.45. The average molecular weight is 452 g/mol. The molecule has 0 radical (unpaired) electrons. The Morgan fingerprint density at radius 3 is 2.70 bits per heavy atom. The zero-order valence-corrected chi connectivity index (χ0v) is 19.1. The van der Waals surface area contributed by atoms with Gasteiger partial charge in [0.25, 0.3) is 0 Å². The Balaban J connectivity index is 1.70. The number of allylic oxidation sites excluding steroid dienone is 1. The Labute approximate surface area is 193 Å². The van der Waals surface area contributed by atoms with Crippen LogP contribution in [0.25, 0.3) is 17.5 Å². The first-order valence-corrected chi connectivity index (χ1v) is 10.8. The molecule has 33 heavy (non-hydrogen) atoms. The van der Waals surface area contributed by atoms with Crippen LogP contribution < -0.4 is 9.47 Å². The van der Waals surface area contributed by atoms with Crippen molar-refractivity contribution in [2.24, 2.45) is 0 Å². The molecule has 0 fully saturated rings. The van der Waals surface area contributed by atoms with E-state index in [4.69, 9.17) is 18.6 Å². The number of hydrogen-bond acceptors (Lipinski definition) is 6. The van der Waals surface area contributed by atoms with E-state index in [0.29, 0.717) is 42.6 Å². The normalized spacial score (nSPS) is 12.1. The Hall–Kier alpha value is -3.58. The number of methoxy groups -OCH3 is 1. The Morgan fingerprint density at radius 1 is 1.21 bits per heavy atom. The number of oxazole rings is 1. The van der Waals surface area contributed by atoms with Gasteiger partial charge >= 0.3 is 5.97 Å². The number of aryl methyl sites for hydroxylation is 1. The van der Waals surface area contributed by atoms with E-state index >= 15 is 0 Å². The quantitative estimate of drug-likeness (QED) is 0.388. The largest absolute Gasteiger partial charge is 0.497 e. The molecule has 0 saturated carbocycles. The molecule has 1 aromatic heterocycles. The number of carboxylic acid groups (broad SMARTS) is 1. The van der Waals surface area contributed by atoms with Crippen LogP contribution >= 0.6 is 0 Å². The van der Waals surface area contributed by atoms with E-state index in [1.54, 1.807) is 14.0 Å². The first kappa shape index (κ1) is 24.1. The first-order valence-electron chi connectivity index (χ1n) is 10.8. The number of carbonyl (C=O) groups is 1. The van der Waals surface area contributed by atoms with Crippen molar-refractivity contribution in [3.05, 3.63) is 71.6 Å². The van der Waals surface area contributed by atoms with Gasteiger partial charge in [0.1, 0.15) is 29.6 Å². The molecule has 0 bridgehead atoms. The lowest BCUT2D eigenvalue weighted by atomic mass is 10.1. The van der Waals surface area contributed by atoms with Gasteiger partial charge in [0.2, 0.25) is 5.89 Å². The molecule has 0 aliphatic rings. The fraction of sp³-hybridized carbons (Fsp3) is 0.308. The molecule has 1 unspecified atom stereocenters. The second-order valence-electron chi connectivity index (χ2n) is 7.34. The molecule has 0 spiro atoms. The van der Waals surface area contributed by atoms with Crippen molar-refractivity contribution < 1.29 is 28.5 Å². The summed E-state index contributed by atoms with van der Waals surface area (Å²) in [6.07, 6.45) is 3.94. The molecule has 0 amide bonds. The topological polar surface area (TPSA) is 91.0 Å². The van der Waals surface area contributed by atoms with Gasteiger partial charge in [-0.3, -0.25) is 0 Å². The minimum absolute atomic E-state index is 0.251. The average Bonchev–Trinajstić information content (AvgIpc) is 3.20. The SMILES string of the molecule is CCOC(CCC=Cc1cc(OC)ccc1OCc1nc(-c2ccccc2)oc1C)C(=O)O. The highest BCUT2D eigenvalue weighted by atomic mass is 16.5. The van der Waals surface area contributed by atoms with E-state index in [2.05, 4.69) is 4.98 Å². The second kappa shape index (κ2) is 11.9. The van der Waals surface area contributed by atoms with Gasteiger partial charge in [-0.25, -0.2) is 9.78 Å². The third kappa shape index (κ3) is 6.70. The van der Waals surface area contributed by atoms with Crippen molar-refractivity contribution in [2.45, 2.75) is 39.4 Å². The van der Waals surface area contributed by atoms with Crippen LogP contribution in [0.5, 0.6) is 11.5 Å². The third-order valence-electron chi connectivity index (χ3n) is 5.03. The zero-order valence-electron chi connectivity index (χ0n) is 19.1. The number of rotatable bonds is 12. The highest BCUT2D eigenvalue weighted by molar-refractivity contribution is 5.72. The Morgan fingerprint density at radius 2 is 2.00 bits per heavy atom. The fourth-order valence-corrected chi connectivity index (χ4v) is 3.26. The highest BCUT2D eigenvalue weighted by Crippen LogP contribution is 2.28. The summed E-state index contributed by atoms with van der Waals surface area (Å²) in [7, 11) is 1.60. The Kier molecular flexibility index (Phi) is 8.66. The lowest BCUT2D eigenvalue weighted by Gasteiger charge is -2.11. The summed E-state index contributed by atoms with van der Waals surface area (Å²) in [5.74, 6) is 1.67. The molecule has 7 heteroatoms. The second-order valence-corrected chi connectivity index (χ2v) is 7.34. The van der Waals surface area contributed by atoms with Gasteiger partial charge in [0, 0.05) is 17.7 Å². The lowest BCUT2D eigenvalue weighted by Crippen LogP contribution is -2.23. The summed E-state index contributed by atoms with van der Waals surface area (Å²) < 4.78 is 22.5. The monoisotopic (exact) mass is 451 g/mol. The van der Waals surface area contributed by atoms with Gasteiger partial charge in [-0.1, -0.05) is 30.4 Å². The van der Waals surface area contributed by atoms with Gasteiger partial charge in [0.05, 0.1) is 7.11 Å². The van der Waals surface area contributed by atoms with Gasteiger partial charge < -0.3 is 23.7 Å². The molecule has 1 atom stereocenters. The molecule has 3 rings (SSSR count). The maximum atomic E-state index is 11.2. The molecule has 7 nitrogen and oxygen atoms in total. The molecule has 174 valence electrons. The maximum Gasteiger partial charge on any atom is 0.332 e. The third-order valence-corrected chi connectivity index (χ3v) is 5.03. The molecule has 2 aromatic carbocycles. The predicted molar refractivity (Wildman–Crippen MR) is 125 cm³/mol. The fourth-order valence-electron chi connectivity index (χ4n) is 3.26. The zero-order chi connectivity index (χ0) is 23.6. The first-order chi connectivity index (χ1) is 16.0. The smallest absolute Gasteiger partial charge is 0.332 e. The van der Waals surface area contributed by atoms with Crippen LogP contribution in [0, 0.1) is 6.92 Å². The minimum atomic E-state index is -0.950. The van der Waals surface area contributed by atoms with Crippen LogP contribution in [0.4, 0.5) is 0 Å². The number of nitrogens with zero attached hydrogens (tertiary/aromatic N) is 1. The van der Waals surface area contributed by atoms with Gasteiger partial charge in [-0.15, -0.1) is 0 Å². The number of carboxylic acids is 1. The number of hydrogen-bond donors (Lipinski definition) is 1. The Bertz CT molecular complexity index is 1070. The van der Waals surface area contributed by atoms with Crippen LogP contribution in [-0.2, 0) is 16.1 Å². The van der Waals surface area contributed by atoms with Crippen molar-refractivity contribution >= 4 is 12.0 Å². The van der Waals surface area contributed by atoms with Crippen LogP contribution in [0.15, 0.2) is 59.0 Å². The summed E-state index contributed by atoms with van der Waals surface area (Å²) in [5, 5.41) is 9.21. The van der Waals surface area contributed by atoms with Gasteiger partial charge in [-0.2, -0.15) is 0 Å². The van der Waals surface area contributed by atoms with E-state index in [1.165, 1.54) is 0 Å². The van der Waals surface area contributed by atoms with E-state index in [1.807, 2.05) is 67.6 Å². The highest BCUT2D eigenvalue weighted by Gasteiger charge is 2.16. The molecule has 1 N–H and O–H groups in total. The van der Waals surface area contributed by atoms with Crippen molar-refractivity contribution in [1.29, 1.82) is 0 Å². The standard InChI is InChI=1S/C26H29NO6/c1-4-31-24(26(28)29)13-9-8-12-20-16-21(30-3)14-15-23(20)32-17-22-18(2)33-25(27-22)19-10-6-5-7-11-19/h5-8,10-12,14-16,24H,4,9,13,17H2,1-3H3,(H,28,29). The van der Waals surface area contributed by atoms with E-state index in [0.717, 1.165) is 16.8 Å². The molecule has 0 aliphatic heterocycles. The van der Waals surface area contributed by atoms with Crippen molar-refractivity contribution in [2.75, 3.05) is 13.7 Å². The van der Waals surface area contributed by atoms with E-state index in [-0.39, 0.29) is 6.61 Å². The number of aliphatic carboxylic acids is 1. The minimum Gasteiger partial charge on any atom is -0.497 e. The van der Waals surface area contributed by atoms with Crippen LogP contribution in [0.2, 0.25) is 0 Å². The number of aromatic nitrogens is 1. The molecular weight excluding hydrogens is 422 g/mol. The predicted octanol–water partition coefficient (Wildman–Crippen LogP) is 5.52. The summed E-state index contributed by atoms with van der Waals surface area (Å²) >= 11 is 0. The summed E-state index contributed by atoms with van der Waals surface area (Å²) in [4.78, 5) is 15.8.